The van der Waals surface area contributed by atoms with E-state index < -0.39 is 10.0 Å². The van der Waals surface area contributed by atoms with E-state index in [1.54, 1.807) is 4.90 Å². The number of amides is 1. The first-order valence-electron chi connectivity index (χ1n) is 7.71. The minimum absolute atomic E-state index is 0.0942. The van der Waals surface area contributed by atoms with E-state index in [4.69, 9.17) is 5.14 Å². The quantitative estimate of drug-likeness (QED) is 0.854. The Labute approximate surface area is 121 Å². The molecular weight excluding hydrogens is 276 g/mol. The zero-order chi connectivity index (χ0) is 14.8. The number of carbonyl (C=O) groups is 1. The molecule has 2 fully saturated rings. The van der Waals surface area contributed by atoms with E-state index in [-0.39, 0.29) is 23.6 Å². The number of nitrogens with zero attached hydrogens (tertiary/aromatic N) is 1. The van der Waals surface area contributed by atoms with Crippen molar-refractivity contribution >= 4 is 15.9 Å². The van der Waals surface area contributed by atoms with Crippen LogP contribution >= 0.6 is 0 Å². The smallest absolute Gasteiger partial charge is 0.225 e. The maximum atomic E-state index is 12.6. The summed E-state index contributed by atoms with van der Waals surface area (Å²) in [6.45, 7) is 2.89. The van der Waals surface area contributed by atoms with Crippen molar-refractivity contribution < 1.29 is 13.2 Å². The Bertz CT molecular complexity index is 441. The first kappa shape index (κ1) is 15.8. The molecule has 2 N–H and O–H groups in total. The molecule has 1 amide bonds. The summed E-state index contributed by atoms with van der Waals surface area (Å²) in [6, 6.07) is -0.207. The highest BCUT2D eigenvalue weighted by atomic mass is 32.2. The standard InChI is InChI=1S/C14H26N2O3S/c1-2-11-5-7-12(8-6-11)14(17)16-9-3-4-13(16)10-20(15,18)19/h11-13H,2-10H2,1H3,(H2,15,18,19). The van der Waals surface area contributed by atoms with Crippen LogP contribution in [-0.2, 0) is 14.8 Å². The lowest BCUT2D eigenvalue weighted by molar-refractivity contribution is -0.137. The molecule has 2 aliphatic rings. The monoisotopic (exact) mass is 302 g/mol. The molecule has 1 atom stereocenters. The SMILES string of the molecule is CCC1CCC(C(=O)N2CCCC2CS(N)(=O)=O)CC1. The Hall–Kier alpha value is -0.620. The zero-order valence-corrected chi connectivity index (χ0v) is 13.1. The van der Waals surface area contributed by atoms with Crippen LogP contribution in [0.2, 0.25) is 0 Å². The van der Waals surface area contributed by atoms with E-state index in [0.29, 0.717) is 6.54 Å². The normalized spacial score (nSPS) is 31.5. The van der Waals surface area contributed by atoms with Gasteiger partial charge in [0.15, 0.2) is 0 Å². The number of carbonyl (C=O) groups excluding carboxylic acids is 1. The third-order valence-corrected chi connectivity index (χ3v) is 5.71. The van der Waals surface area contributed by atoms with Crippen LogP contribution in [0.3, 0.4) is 0 Å². The summed E-state index contributed by atoms with van der Waals surface area (Å²) < 4.78 is 22.5. The molecule has 1 aliphatic carbocycles. The predicted octanol–water partition coefficient (Wildman–Crippen LogP) is 1.48. The molecule has 1 unspecified atom stereocenters. The largest absolute Gasteiger partial charge is 0.338 e. The van der Waals surface area contributed by atoms with Gasteiger partial charge in [-0.25, -0.2) is 13.6 Å². The summed E-state index contributed by atoms with van der Waals surface area (Å²) in [4.78, 5) is 14.4. The molecule has 0 aromatic carbocycles. The van der Waals surface area contributed by atoms with Gasteiger partial charge in [0, 0.05) is 18.5 Å². The summed E-state index contributed by atoms with van der Waals surface area (Å²) in [5.41, 5.74) is 0. The Kier molecular flexibility index (Phi) is 5.07. The molecule has 0 aromatic rings. The summed E-state index contributed by atoms with van der Waals surface area (Å²) in [6.07, 6.45) is 6.99. The van der Waals surface area contributed by atoms with Crippen molar-refractivity contribution in [1.29, 1.82) is 0 Å². The summed E-state index contributed by atoms with van der Waals surface area (Å²) >= 11 is 0. The third kappa shape index (κ3) is 3.95. The second kappa shape index (κ2) is 6.43. The minimum atomic E-state index is -3.51. The van der Waals surface area contributed by atoms with E-state index in [9.17, 15) is 13.2 Å². The average Bonchev–Trinajstić information content (AvgIpc) is 2.84. The Morgan fingerprint density at radius 3 is 2.40 bits per heavy atom. The molecule has 6 heteroatoms. The fraction of sp³-hybridized carbons (Fsp3) is 0.929. The lowest BCUT2D eigenvalue weighted by Gasteiger charge is -2.32. The fourth-order valence-corrected chi connectivity index (χ4v) is 4.50. The van der Waals surface area contributed by atoms with Gasteiger partial charge in [-0.05, 0) is 44.4 Å². The van der Waals surface area contributed by atoms with E-state index >= 15 is 0 Å². The summed E-state index contributed by atoms with van der Waals surface area (Å²) in [5, 5.41) is 5.13. The van der Waals surface area contributed by atoms with Crippen molar-refractivity contribution in [2.45, 2.75) is 57.9 Å². The second-order valence-electron chi connectivity index (χ2n) is 6.28. The number of likely N-dealkylation sites (tertiary alicyclic amines) is 1. The Morgan fingerprint density at radius 2 is 1.85 bits per heavy atom. The highest BCUT2D eigenvalue weighted by Gasteiger charge is 2.36. The molecule has 0 bridgehead atoms. The number of nitrogens with two attached hydrogens (primary N) is 1. The average molecular weight is 302 g/mol. The summed E-state index contributed by atoms with van der Waals surface area (Å²) in [5.74, 6) is 0.922. The Balaban J connectivity index is 1.94. The number of rotatable bonds is 4. The molecule has 0 spiro atoms. The van der Waals surface area contributed by atoms with E-state index in [1.807, 2.05) is 0 Å². The molecule has 5 nitrogen and oxygen atoms in total. The van der Waals surface area contributed by atoms with Gasteiger partial charge in [0.05, 0.1) is 5.75 Å². The van der Waals surface area contributed by atoms with Gasteiger partial charge in [-0.1, -0.05) is 13.3 Å². The van der Waals surface area contributed by atoms with Gasteiger partial charge in [0.25, 0.3) is 0 Å². The van der Waals surface area contributed by atoms with E-state index in [1.165, 1.54) is 6.42 Å². The Morgan fingerprint density at radius 1 is 1.20 bits per heavy atom. The molecule has 20 heavy (non-hydrogen) atoms. The van der Waals surface area contributed by atoms with Crippen molar-refractivity contribution in [3.05, 3.63) is 0 Å². The van der Waals surface area contributed by atoms with Crippen LogP contribution in [0.5, 0.6) is 0 Å². The van der Waals surface area contributed by atoms with Gasteiger partial charge < -0.3 is 4.90 Å². The van der Waals surface area contributed by atoms with Crippen LogP contribution in [0.1, 0.15) is 51.9 Å². The summed E-state index contributed by atoms with van der Waals surface area (Å²) in [7, 11) is -3.51. The van der Waals surface area contributed by atoms with Crippen molar-refractivity contribution in [2.24, 2.45) is 17.0 Å². The number of sulfonamides is 1. The topological polar surface area (TPSA) is 80.5 Å². The van der Waals surface area contributed by atoms with Gasteiger partial charge in [-0.15, -0.1) is 0 Å². The van der Waals surface area contributed by atoms with E-state index in [0.717, 1.165) is 44.4 Å². The number of hydrogen-bond donors (Lipinski definition) is 1. The third-order valence-electron chi connectivity index (χ3n) is 4.86. The van der Waals surface area contributed by atoms with Crippen molar-refractivity contribution in [2.75, 3.05) is 12.3 Å². The van der Waals surface area contributed by atoms with Crippen LogP contribution in [0, 0.1) is 11.8 Å². The van der Waals surface area contributed by atoms with Crippen molar-refractivity contribution in [3.63, 3.8) is 0 Å². The van der Waals surface area contributed by atoms with Crippen LogP contribution in [0.4, 0.5) is 0 Å². The number of primary sulfonamides is 1. The molecule has 2 rings (SSSR count). The lowest BCUT2D eigenvalue weighted by Crippen LogP contribution is -2.44. The second-order valence-corrected chi connectivity index (χ2v) is 7.94. The first-order valence-corrected chi connectivity index (χ1v) is 9.43. The van der Waals surface area contributed by atoms with Crippen LogP contribution in [-0.4, -0.2) is 37.6 Å². The predicted molar refractivity (Wildman–Crippen MR) is 78.4 cm³/mol. The highest BCUT2D eigenvalue weighted by Crippen LogP contribution is 2.33. The van der Waals surface area contributed by atoms with Gasteiger partial charge in [0.2, 0.25) is 15.9 Å². The molecular formula is C14H26N2O3S. The molecule has 116 valence electrons. The van der Waals surface area contributed by atoms with Crippen molar-refractivity contribution in [1.82, 2.24) is 4.90 Å². The molecule has 1 heterocycles. The number of hydrogen-bond acceptors (Lipinski definition) is 3. The fourth-order valence-electron chi connectivity index (χ4n) is 3.62. The zero-order valence-electron chi connectivity index (χ0n) is 12.3. The van der Waals surface area contributed by atoms with Gasteiger partial charge >= 0.3 is 0 Å². The van der Waals surface area contributed by atoms with Crippen molar-refractivity contribution in [3.8, 4) is 0 Å². The van der Waals surface area contributed by atoms with Crippen LogP contribution < -0.4 is 5.14 Å². The minimum Gasteiger partial charge on any atom is -0.338 e. The first-order chi connectivity index (χ1) is 9.40. The lowest BCUT2D eigenvalue weighted by atomic mass is 9.80. The molecule has 1 aliphatic heterocycles. The molecule has 0 aromatic heterocycles. The van der Waals surface area contributed by atoms with E-state index in [2.05, 4.69) is 6.92 Å². The van der Waals surface area contributed by atoms with Gasteiger partial charge in [-0.3, -0.25) is 4.79 Å². The highest BCUT2D eigenvalue weighted by molar-refractivity contribution is 7.89. The molecule has 1 saturated carbocycles. The maximum absolute atomic E-state index is 12.6. The van der Waals surface area contributed by atoms with Crippen LogP contribution in [0.25, 0.3) is 0 Å². The van der Waals surface area contributed by atoms with Gasteiger partial charge in [0.1, 0.15) is 0 Å². The van der Waals surface area contributed by atoms with Gasteiger partial charge in [-0.2, -0.15) is 0 Å². The maximum Gasteiger partial charge on any atom is 0.225 e. The molecule has 0 radical (unpaired) electrons. The van der Waals surface area contributed by atoms with Crippen LogP contribution in [0.15, 0.2) is 0 Å². The molecule has 1 saturated heterocycles.